The van der Waals surface area contributed by atoms with Gasteiger partial charge < -0.3 is 24.6 Å². The molecule has 0 radical (unpaired) electrons. The number of rotatable bonds is 6. The molecule has 0 atom stereocenters. The Hall–Kier alpha value is -1.79. The molecule has 1 aliphatic heterocycles. The Kier molecular flexibility index (Phi) is 6.03. The second kappa shape index (κ2) is 8.00. The van der Waals surface area contributed by atoms with Crippen LogP contribution >= 0.6 is 0 Å². The van der Waals surface area contributed by atoms with Gasteiger partial charge in [0.15, 0.2) is 0 Å². The van der Waals surface area contributed by atoms with Gasteiger partial charge in [0, 0.05) is 6.07 Å². The Labute approximate surface area is 132 Å². The van der Waals surface area contributed by atoms with Gasteiger partial charge in [0.05, 0.1) is 39.9 Å². The minimum atomic E-state index is 0.0299. The number of methoxy groups -OCH3 is 2. The number of piperazine rings is 1. The smallest absolute Gasteiger partial charge is 0.230 e. The summed E-state index contributed by atoms with van der Waals surface area (Å²) in [6, 6.07) is 5.39. The van der Waals surface area contributed by atoms with Gasteiger partial charge in [0.1, 0.15) is 37.7 Å². The highest BCUT2D eigenvalue weighted by Gasteiger charge is 2.20. The molecule has 1 aliphatic rings. The van der Waals surface area contributed by atoms with E-state index in [0.717, 1.165) is 19.6 Å². The monoisotopic (exact) mass is 309 g/mol. The summed E-state index contributed by atoms with van der Waals surface area (Å²) in [6.07, 6.45) is 0.531. The standard InChI is InChI=1S/C16H25N3O3/c1-18-8-10-19(11-9-18)7-6-16(20)17-14-5-4-13(21-2)12-15(14)22-3/h4-5,12H,6-11H2,1-3H3,(H,17,20)/p+2. The summed E-state index contributed by atoms with van der Waals surface area (Å²) in [6.45, 7) is 5.54. The number of carbonyl (C=O) groups is 1. The van der Waals surface area contributed by atoms with Gasteiger partial charge >= 0.3 is 0 Å². The van der Waals surface area contributed by atoms with Crippen molar-refractivity contribution in [2.24, 2.45) is 0 Å². The van der Waals surface area contributed by atoms with Crippen molar-refractivity contribution in [3.05, 3.63) is 18.2 Å². The SMILES string of the molecule is COc1ccc(NC(=O)CC[NH+]2CC[NH+](C)CC2)c(OC)c1. The Morgan fingerprint density at radius 2 is 1.91 bits per heavy atom. The maximum atomic E-state index is 12.1. The maximum Gasteiger partial charge on any atom is 0.230 e. The highest BCUT2D eigenvalue weighted by molar-refractivity contribution is 5.92. The predicted octanol–water partition coefficient (Wildman–Crippen LogP) is -1.55. The minimum absolute atomic E-state index is 0.0299. The molecule has 22 heavy (non-hydrogen) atoms. The maximum absolute atomic E-state index is 12.1. The number of hydrogen-bond acceptors (Lipinski definition) is 3. The van der Waals surface area contributed by atoms with Gasteiger partial charge in [-0.25, -0.2) is 0 Å². The van der Waals surface area contributed by atoms with E-state index >= 15 is 0 Å². The molecule has 1 saturated heterocycles. The molecular weight excluding hydrogens is 282 g/mol. The number of benzene rings is 1. The molecule has 0 spiro atoms. The molecule has 122 valence electrons. The molecule has 0 saturated carbocycles. The number of nitrogens with one attached hydrogen (secondary N) is 3. The Morgan fingerprint density at radius 3 is 2.55 bits per heavy atom. The molecule has 0 aliphatic carbocycles. The van der Waals surface area contributed by atoms with Crippen LogP contribution in [0.5, 0.6) is 11.5 Å². The summed E-state index contributed by atoms with van der Waals surface area (Å²) in [5, 5.41) is 2.92. The fraction of sp³-hybridized carbons (Fsp3) is 0.562. The van der Waals surface area contributed by atoms with Crippen LogP contribution in [0.2, 0.25) is 0 Å². The van der Waals surface area contributed by atoms with E-state index in [9.17, 15) is 4.79 Å². The zero-order valence-electron chi connectivity index (χ0n) is 13.7. The molecule has 1 aromatic rings. The van der Waals surface area contributed by atoms with Crippen LogP contribution in [-0.4, -0.2) is 59.9 Å². The van der Waals surface area contributed by atoms with Crippen molar-refractivity contribution in [2.45, 2.75) is 6.42 Å². The number of amides is 1. The summed E-state index contributed by atoms with van der Waals surface area (Å²) in [7, 11) is 5.41. The zero-order valence-corrected chi connectivity index (χ0v) is 13.7. The first kappa shape index (κ1) is 16.6. The van der Waals surface area contributed by atoms with E-state index in [1.807, 2.05) is 12.1 Å². The van der Waals surface area contributed by atoms with Crippen LogP contribution in [-0.2, 0) is 4.79 Å². The van der Waals surface area contributed by atoms with Crippen molar-refractivity contribution < 1.29 is 24.1 Å². The average Bonchev–Trinajstić information content (AvgIpc) is 2.54. The number of anilines is 1. The zero-order chi connectivity index (χ0) is 15.9. The first-order valence-corrected chi connectivity index (χ1v) is 7.79. The topological polar surface area (TPSA) is 56.4 Å². The second-order valence-electron chi connectivity index (χ2n) is 5.82. The van der Waals surface area contributed by atoms with E-state index in [4.69, 9.17) is 9.47 Å². The first-order chi connectivity index (χ1) is 10.6. The molecule has 3 N–H and O–H groups in total. The number of quaternary nitrogens is 2. The molecule has 0 bridgehead atoms. The third-order valence-corrected chi connectivity index (χ3v) is 4.20. The van der Waals surface area contributed by atoms with Crippen LogP contribution in [0.4, 0.5) is 5.69 Å². The molecule has 6 nitrogen and oxygen atoms in total. The normalized spacial score (nSPS) is 21.2. The second-order valence-corrected chi connectivity index (χ2v) is 5.82. The molecule has 1 aromatic carbocycles. The Morgan fingerprint density at radius 1 is 1.18 bits per heavy atom. The fourth-order valence-corrected chi connectivity index (χ4v) is 2.69. The lowest BCUT2D eigenvalue weighted by atomic mass is 10.2. The minimum Gasteiger partial charge on any atom is -0.497 e. The summed E-state index contributed by atoms with van der Waals surface area (Å²) in [5.74, 6) is 1.35. The first-order valence-electron chi connectivity index (χ1n) is 7.79. The van der Waals surface area contributed by atoms with Crippen LogP contribution in [0.1, 0.15) is 6.42 Å². The lowest BCUT2D eigenvalue weighted by molar-refractivity contribution is -1.00. The fourth-order valence-electron chi connectivity index (χ4n) is 2.69. The lowest BCUT2D eigenvalue weighted by Crippen LogP contribution is -3.27. The molecule has 2 rings (SSSR count). The van der Waals surface area contributed by atoms with Gasteiger partial charge in [-0.1, -0.05) is 0 Å². The van der Waals surface area contributed by atoms with Gasteiger partial charge in [-0.05, 0) is 12.1 Å². The van der Waals surface area contributed by atoms with Crippen molar-refractivity contribution in [2.75, 3.05) is 59.3 Å². The average molecular weight is 309 g/mol. The van der Waals surface area contributed by atoms with Crippen molar-refractivity contribution >= 4 is 11.6 Å². The third-order valence-electron chi connectivity index (χ3n) is 4.20. The van der Waals surface area contributed by atoms with E-state index in [2.05, 4.69) is 12.4 Å². The summed E-state index contributed by atoms with van der Waals surface area (Å²) >= 11 is 0. The molecule has 0 aromatic heterocycles. The Bertz CT molecular complexity index is 499. The lowest BCUT2D eigenvalue weighted by Gasteiger charge is -2.27. The van der Waals surface area contributed by atoms with Gasteiger partial charge in [-0.2, -0.15) is 0 Å². The summed E-state index contributed by atoms with van der Waals surface area (Å²) in [5.41, 5.74) is 0.686. The highest BCUT2D eigenvalue weighted by atomic mass is 16.5. The van der Waals surface area contributed by atoms with Crippen molar-refractivity contribution in [1.29, 1.82) is 0 Å². The van der Waals surface area contributed by atoms with Crippen LogP contribution in [0.15, 0.2) is 18.2 Å². The number of likely N-dealkylation sites (N-methyl/N-ethyl adjacent to an activating group) is 1. The van der Waals surface area contributed by atoms with Gasteiger partial charge in [0.25, 0.3) is 0 Å². The van der Waals surface area contributed by atoms with Crippen LogP contribution in [0.3, 0.4) is 0 Å². The van der Waals surface area contributed by atoms with Gasteiger partial charge in [0.2, 0.25) is 5.91 Å². The molecule has 1 fully saturated rings. The largest absolute Gasteiger partial charge is 0.497 e. The van der Waals surface area contributed by atoms with Crippen molar-refractivity contribution in [3.8, 4) is 11.5 Å². The summed E-state index contributed by atoms with van der Waals surface area (Å²) in [4.78, 5) is 15.2. The van der Waals surface area contributed by atoms with E-state index in [-0.39, 0.29) is 5.91 Å². The molecule has 1 heterocycles. The van der Waals surface area contributed by atoms with E-state index in [1.54, 1.807) is 25.2 Å². The van der Waals surface area contributed by atoms with E-state index < -0.39 is 0 Å². The quantitative estimate of drug-likeness (QED) is 0.596. The number of ether oxygens (including phenoxy) is 2. The third kappa shape index (κ3) is 4.61. The van der Waals surface area contributed by atoms with Crippen molar-refractivity contribution in [3.63, 3.8) is 0 Å². The predicted molar refractivity (Wildman–Crippen MR) is 85.0 cm³/mol. The number of carbonyl (C=O) groups excluding carboxylic acids is 1. The van der Waals surface area contributed by atoms with Crippen LogP contribution < -0.4 is 24.6 Å². The van der Waals surface area contributed by atoms with Crippen molar-refractivity contribution in [1.82, 2.24) is 0 Å². The highest BCUT2D eigenvalue weighted by Crippen LogP contribution is 2.28. The molecule has 6 heteroatoms. The van der Waals surface area contributed by atoms with E-state index in [0.29, 0.717) is 23.6 Å². The molecular formula is C16H27N3O3+2. The molecule has 1 amide bonds. The van der Waals surface area contributed by atoms with Gasteiger partial charge in [-0.3, -0.25) is 4.79 Å². The van der Waals surface area contributed by atoms with Gasteiger partial charge in [-0.15, -0.1) is 0 Å². The summed E-state index contributed by atoms with van der Waals surface area (Å²) < 4.78 is 10.4. The number of hydrogen-bond donors (Lipinski definition) is 3. The van der Waals surface area contributed by atoms with E-state index in [1.165, 1.54) is 18.0 Å². The molecule has 0 unspecified atom stereocenters. The van der Waals surface area contributed by atoms with Crippen LogP contribution in [0, 0.1) is 0 Å². The Balaban J connectivity index is 1.84. The van der Waals surface area contributed by atoms with Crippen LogP contribution in [0.25, 0.3) is 0 Å².